The lowest BCUT2D eigenvalue weighted by atomic mass is 10.0. The van der Waals surface area contributed by atoms with Crippen molar-refractivity contribution in [2.24, 2.45) is 14.1 Å². The number of H-pyrrole nitrogens is 1. The maximum Gasteiger partial charge on any atom is 0.329 e. The second-order valence-corrected chi connectivity index (χ2v) is 9.20. The number of nitrogens with one attached hydrogen (secondary N) is 1. The van der Waals surface area contributed by atoms with Gasteiger partial charge in [0.15, 0.2) is 0 Å². The molecule has 0 radical (unpaired) electrons. The first-order valence-corrected chi connectivity index (χ1v) is 12.0. The van der Waals surface area contributed by atoms with Crippen LogP contribution >= 0.6 is 0 Å². The summed E-state index contributed by atoms with van der Waals surface area (Å²) in [6, 6.07) is 3.63. The topological polar surface area (TPSA) is 116 Å². The van der Waals surface area contributed by atoms with E-state index in [1.165, 1.54) is 4.68 Å². The standard InChI is InChI=1S/C25H26FN7O3/c1-31-13-16(23(26)30-31)21-19(17-8-7-15(11-27-17)36-10-9-34)20-22-18(12-28-24(20)29-21)32(2)25(35)33(22)14-5-3-4-6-14/h7-8,11-14,34H,3-6,9-10H2,1-2H3,(H,28,29). The summed E-state index contributed by atoms with van der Waals surface area (Å²) in [4.78, 5) is 25.9. The van der Waals surface area contributed by atoms with E-state index >= 15 is 0 Å². The number of pyridine rings is 2. The third-order valence-electron chi connectivity index (χ3n) is 6.97. The lowest BCUT2D eigenvalue weighted by Gasteiger charge is -2.12. The number of hydrogen-bond donors (Lipinski definition) is 2. The minimum atomic E-state index is -0.620. The molecule has 5 aromatic rings. The SMILES string of the molecule is Cn1cc(-c2[nH]c3ncc4c(c3c2-c2ccc(OCCO)cn2)n(C2CCCC2)c(=O)n4C)c(F)n1. The quantitative estimate of drug-likeness (QED) is 0.377. The highest BCUT2D eigenvalue weighted by molar-refractivity contribution is 6.13. The van der Waals surface area contributed by atoms with Crippen molar-refractivity contribution in [2.45, 2.75) is 31.7 Å². The van der Waals surface area contributed by atoms with Gasteiger partial charge in [-0.3, -0.25) is 18.8 Å². The van der Waals surface area contributed by atoms with Gasteiger partial charge in [-0.05, 0) is 25.0 Å². The maximum absolute atomic E-state index is 14.9. The summed E-state index contributed by atoms with van der Waals surface area (Å²) in [7, 11) is 3.41. The van der Waals surface area contributed by atoms with Crippen LogP contribution in [-0.2, 0) is 14.1 Å². The fraction of sp³-hybridized carbons (Fsp3) is 0.360. The number of imidazole rings is 1. The second-order valence-electron chi connectivity index (χ2n) is 9.20. The number of nitrogens with zero attached hydrogens (tertiary/aromatic N) is 6. The molecule has 0 spiro atoms. The Hall–Kier alpha value is -3.99. The summed E-state index contributed by atoms with van der Waals surface area (Å²) in [5.41, 5.74) is 3.90. The number of aromatic amines is 1. The second kappa shape index (κ2) is 8.59. The smallest absolute Gasteiger partial charge is 0.329 e. The highest BCUT2D eigenvalue weighted by atomic mass is 19.1. The molecule has 0 atom stereocenters. The molecule has 0 amide bonds. The van der Waals surface area contributed by atoms with Gasteiger partial charge in [0.1, 0.15) is 18.0 Å². The van der Waals surface area contributed by atoms with Gasteiger partial charge in [-0.2, -0.15) is 4.39 Å². The van der Waals surface area contributed by atoms with Gasteiger partial charge in [-0.25, -0.2) is 9.78 Å². The molecule has 5 aromatic heterocycles. The van der Waals surface area contributed by atoms with E-state index in [4.69, 9.17) is 9.84 Å². The first-order valence-electron chi connectivity index (χ1n) is 12.0. The van der Waals surface area contributed by atoms with E-state index in [1.54, 1.807) is 49.4 Å². The summed E-state index contributed by atoms with van der Waals surface area (Å²) >= 11 is 0. The normalized spacial score (nSPS) is 14.4. The third kappa shape index (κ3) is 3.41. The van der Waals surface area contributed by atoms with E-state index in [1.807, 2.05) is 4.57 Å². The number of aryl methyl sites for hydroxylation is 2. The van der Waals surface area contributed by atoms with E-state index in [0.29, 0.717) is 39.3 Å². The molecule has 11 heteroatoms. The van der Waals surface area contributed by atoms with Crippen molar-refractivity contribution in [1.82, 2.24) is 33.9 Å². The van der Waals surface area contributed by atoms with Crippen LogP contribution in [0.2, 0.25) is 0 Å². The summed E-state index contributed by atoms with van der Waals surface area (Å²) < 4.78 is 25.3. The summed E-state index contributed by atoms with van der Waals surface area (Å²) in [5, 5.41) is 13.7. The number of ether oxygens (including phenoxy) is 1. The number of halogens is 1. The lowest BCUT2D eigenvalue weighted by Crippen LogP contribution is -2.24. The van der Waals surface area contributed by atoms with E-state index < -0.39 is 5.95 Å². The molecule has 10 nitrogen and oxygen atoms in total. The Labute approximate surface area is 205 Å². The highest BCUT2D eigenvalue weighted by Gasteiger charge is 2.29. The van der Waals surface area contributed by atoms with Crippen molar-refractivity contribution >= 4 is 22.1 Å². The van der Waals surface area contributed by atoms with Gasteiger partial charge in [0.25, 0.3) is 0 Å². The third-order valence-corrected chi connectivity index (χ3v) is 6.97. The zero-order chi connectivity index (χ0) is 25.0. The van der Waals surface area contributed by atoms with Crippen molar-refractivity contribution in [2.75, 3.05) is 13.2 Å². The molecule has 1 aliphatic rings. The predicted molar refractivity (Wildman–Crippen MR) is 132 cm³/mol. The van der Waals surface area contributed by atoms with E-state index in [2.05, 4.69) is 20.1 Å². The van der Waals surface area contributed by atoms with Crippen LogP contribution in [0.3, 0.4) is 0 Å². The Morgan fingerprint density at radius 3 is 2.67 bits per heavy atom. The number of hydrogen-bond acceptors (Lipinski definition) is 6. The molecule has 36 heavy (non-hydrogen) atoms. The van der Waals surface area contributed by atoms with Crippen molar-refractivity contribution < 1.29 is 14.2 Å². The van der Waals surface area contributed by atoms with Crippen molar-refractivity contribution in [3.8, 4) is 28.3 Å². The monoisotopic (exact) mass is 491 g/mol. The van der Waals surface area contributed by atoms with Gasteiger partial charge >= 0.3 is 5.69 Å². The predicted octanol–water partition coefficient (Wildman–Crippen LogP) is 3.30. The molecule has 0 unspecified atom stereocenters. The number of aromatic nitrogens is 7. The molecule has 2 N–H and O–H groups in total. The number of rotatable bonds is 6. The summed E-state index contributed by atoms with van der Waals surface area (Å²) in [5.74, 6) is -0.113. The molecular formula is C25H26FN7O3. The van der Waals surface area contributed by atoms with Crippen molar-refractivity contribution in [1.29, 1.82) is 0 Å². The fourth-order valence-electron chi connectivity index (χ4n) is 5.34. The molecule has 1 saturated carbocycles. The van der Waals surface area contributed by atoms with Crippen LogP contribution < -0.4 is 10.4 Å². The molecule has 6 rings (SSSR count). The fourth-order valence-corrected chi connectivity index (χ4v) is 5.34. The van der Waals surface area contributed by atoms with Crippen LogP contribution in [0.15, 0.2) is 35.5 Å². The van der Waals surface area contributed by atoms with Crippen LogP contribution in [0, 0.1) is 5.95 Å². The molecule has 1 fully saturated rings. The van der Waals surface area contributed by atoms with Gasteiger partial charge in [-0.1, -0.05) is 12.8 Å². The van der Waals surface area contributed by atoms with E-state index in [0.717, 1.165) is 31.2 Å². The molecule has 1 aliphatic carbocycles. The van der Waals surface area contributed by atoms with Crippen LogP contribution in [0.25, 0.3) is 44.6 Å². The average Bonchev–Trinajstić information content (AvgIpc) is 3.64. The van der Waals surface area contributed by atoms with Crippen molar-refractivity contribution in [3.05, 3.63) is 47.2 Å². The Morgan fingerprint density at radius 1 is 1.19 bits per heavy atom. The molecule has 0 aromatic carbocycles. The molecule has 0 bridgehead atoms. The van der Waals surface area contributed by atoms with E-state index in [-0.39, 0.29) is 30.5 Å². The van der Waals surface area contributed by atoms with Gasteiger partial charge in [0, 0.05) is 31.9 Å². The minimum Gasteiger partial charge on any atom is -0.490 e. The summed E-state index contributed by atoms with van der Waals surface area (Å²) in [6.45, 7) is 0.0491. The number of aliphatic hydroxyl groups excluding tert-OH is 1. The zero-order valence-electron chi connectivity index (χ0n) is 20.0. The highest BCUT2D eigenvalue weighted by Crippen LogP contribution is 2.42. The average molecular weight is 492 g/mol. The minimum absolute atomic E-state index is 0.0897. The first kappa shape index (κ1) is 22.5. The molecule has 0 aliphatic heterocycles. The Bertz CT molecular complexity index is 1640. The zero-order valence-corrected chi connectivity index (χ0v) is 20.0. The lowest BCUT2D eigenvalue weighted by molar-refractivity contribution is 0.201. The first-order chi connectivity index (χ1) is 17.5. The molecular weight excluding hydrogens is 465 g/mol. The van der Waals surface area contributed by atoms with E-state index in [9.17, 15) is 9.18 Å². The van der Waals surface area contributed by atoms with Crippen LogP contribution in [-0.4, -0.2) is 52.2 Å². The van der Waals surface area contributed by atoms with Gasteiger partial charge in [0.05, 0.1) is 52.4 Å². The van der Waals surface area contributed by atoms with Crippen LogP contribution in [0.5, 0.6) is 5.75 Å². The van der Waals surface area contributed by atoms with Gasteiger partial charge in [-0.15, -0.1) is 5.10 Å². The Morgan fingerprint density at radius 2 is 2.00 bits per heavy atom. The molecule has 186 valence electrons. The van der Waals surface area contributed by atoms with Gasteiger partial charge < -0.3 is 14.8 Å². The molecule has 0 saturated heterocycles. The Balaban J connectivity index is 1.69. The molecule has 5 heterocycles. The maximum atomic E-state index is 14.9. The number of aliphatic hydroxyl groups is 1. The van der Waals surface area contributed by atoms with Gasteiger partial charge in [0.2, 0.25) is 5.95 Å². The Kier molecular flexibility index (Phi) is 5.36. The van der Waals surface area contributed by atoms with Crippen LogP contribution in [0.4, 0.5) is 4.39 Å². The van der Waals surface area contributed by atoms with Crippen molar-refractivity contribution in [3.63, 3.8) is 0 Å². The summed E-state index contributed by atoms with van der Waals surface area (Å²) in [6.07, 6.45) is 8.87. The van der Waals surface area contributed by atoms with Crippen LogP contribution in [0.1, 0.15) is 31.7 Å². The number of fused-ring (bicyclic) bond motifs is 3. The largest absolute Gasteiger partial charge is 0.490 e.